The maximum absolute atomic E-state index is 10.0. The highest BCUT2D eigenvalue weighted by Gasteiger charge is 2.12. The molecular formula is C5H7NO3. The van der Waals surface area contributed by atoms with E-state index in [4.69, 9.17) is 4.74 Å². The molecule has 0 saturated carbocycles. The lowest BCUT2D eigenvalue weighted by Gasteiger charge is -2.04. The van der Waals surface area contributed by atoms with E-state index in [1.165, 1.54) is 0 Å². The summed E-state index contributed by atoms with van der Waals surface area (Å²) in [6, 6.07) is 0. The van der Waals surface area contributed by atoms with Crippen LogP contribution < -0.4 is 0 Å². The average molecular weight is 129 g/mol. The topological polar surface area (TPSA) is 52.4 Å². The fourth-order valence-electron chi connectivity index (χ4n) is 0.672. The monoisotopic (exact) mass is 129 g/mol. The fourth-order valence-corrected chi connectivity index (χ4v) is 0.672. The van der Waals surface area contributed by atoms with Gasteiger partial charge in [0.2, 0.25) is 0 Å². The van der Waals surface area contributed by atoms with Crippen molar-refractivity contribution in [2.75, 3.05) is 13.2 Å². The molecule has 0 saturated heterocycles. The molecule has 0 aromatic carbocycles. The molecule has 0 spiro atoms. The summed E-state index contributed by atoms with van der Waals surface area (Å²) in [7, 11) is 0. The second-order valence-electron chi connectivity index (χ2n) is 1.79. The molecule has 0 radical (unpaired) electrons. The lowest BCUT2D eigenvalue weighted by molar-refractivity contribution is -0.432. The molecule has 0 aromatic heterocycles. The van der Waals surface area contributed by atoms with Crippen LogP contribution in [0.2, 0.25) is 0 Å². The quantitative estimate of drug-likeness (QED) is 0.384. The van der Waals surface area contributed by atoms with Crippen LogP contribution in [0, 0.1) is 10.1 Å². The molecule has 0 N–H and O–H groups in total. The molecule has 50 valence electrons. The molecule has 4 nitrogen and oxygen atoms in total. The number of hydrogen-bond acceptors (Lipinski definition) is 3. The van der Waals surface area contributed by atoms with Crippen molar-refractivity contribution in [3.8, 4) is 0 Å². The van der Waals surface area contributed by atoms with Crippen LogP contribution in [0.5, 0.6) is 0 Å². The van der Waals surface area contributed by atoms with Gasteiger partial charge in [-0.25, -0.2) is 0 Å². The van der Waals surface area contributed by atoms with E-state index in [1.54, 1.807) is 6.08 Å². The Bertz CT molecular complexity index is 152. The molecule has 1 aliphatic rings. The zero-order valence-corrected chi connectivity index (χ0v) is 4.87. The molecule has 0 atom stereocenters. The van der Waals surface area contributed by atoms with E-state index in [0.717, 1.165) is 0 Å². The van der Waals surface area contributed by atoms with Crippen LogP contribution in [-0.2, 0) is 4.74 Å². The van der Waals surface area contributed by atoms with Crippen molar-refractivity contribution in [2.45, 2.75) is 6.42 Å². The van der Waals surface area contributed by atoms with Crippen molar-refractivity contribution >= 4 is 0 Å². The van der Waals surface area contributed by atoms with Gasteiger partial charge in [0.25, 0.3) is 5.70 Å². The Morgan fingerprint density at radius 1 is 1.78 bits per heavy atom. The number of hydrogen-bond donors (Lipinski definition) is 0. The Balaban J connectivity index is 2.57. The van der Waals surface area contributed by atoms with E-state index in [9.17, 15) is 10.1 Å². The molecule has 0 aromatic rings. The molecule has 0 amide bonds. The molecule has 4 heteroatoms. The second-order valence-corrected chi connectivity index (χ2v) is 1.79. The van der Waals surface area contributed by atoms with Crippen molar-refractivity contribution < 1.29 is 9.66 Å². The van der Waals surface area contributed by atoms with Gasteiger partial charge < -0.3 is 4.74 Å². The first kappa shape index (κ1) is 6.22. The summed E-state index contributed by atoms with van der Waals surface area (Å²) in [5, 5.41) is 10.0. The second kappa shape index (κ2) is 2.59. The van der Waals surface area contributed by atoms with Gasteiger partial charge in [-0.3, -0.25) is 10.1 Å². The molecule has 0 bridgehead atoms. The van der Waals surface area contributed by atoms with Crippen LogP contribution in [0.3, 0.4) is 0 Å². The number of ether oxygens (including phenoxy) is 1. The summed E-state index contributed by atoms with van der Waals surface area (Å²) in [6.07, 6.45) is 2.26. The van der Waals surface area contributed by atoms with E-state index in [0.29, 0.717) is 13.0 Å². The molecular weight excluding hydrogens is 122 g/mol. The van der Waals surface area contributed by atoms with Crippen molar-refractivity contribution in [2.24, 2.45) is 0 Å². The van der Waals surface area contributed by atoms with Crippen LogP contribution in [0.15, 0.2) is 11.8 Å². The van der Waals surface area contributed by atoms with Crippen LogP contribution in [0.25, 0.3) is 0 Å². The third-order valence-corrected chi connectivity index (χ3v) is 1.13. The maximum atomic E-state index is 10.0. The molecule has 0 unspecified atom stereocenters. The predicted octanol–water partition coefficient (Wildman–Crippen LogP) is 0.567. The number of nitro groups is 1. The van der Waals surface area contributed by atoms with Crippen molar-refractivity contribution in [1.82, 2.24) is 0 Å². The van der Waals surface area contributed by atoms with Gasteiger partial charge in [-0.05, 0) is 12.5 Å². The van der Waals surface area contributed by atoms with Crippen LogP contribution in [-0.4, -0.2) is 18.1 Å². The highest BCUT2D eigenvalue weighted by molar-refractivity contribution is 4.94. The van der Waals surface area contributed by atoms with E-state index < -0.39 is 4.92 Å². The molecule has 0 fully saturated rings. The largest absolute Gasteiger partial charge is 0.370 e. The Morgan fingerprint density at radius 3 is 2.89 bits per heavy atom. The standard InChI is InChI=1S/C5H7NO3/c7-6(8)5-2-1-3-9-4-5/h2H,1,3-4H2. The highest BCUT2D eigenvalue weighted by Crippen LogP contribution is 2.04. The van der Waals surface area contributed by atoms with Crippen molar-refractivity contribution in [1.29, 1.82) is 0 Å². The van der Waals surface area contributed by atoms with Gasteiger partial charge in [-0.1, -0.05) is 0 Å². The minimum atomic E-state index is -0.404. The SMILES string of the molecule is O=[N+]([O-])C1=CCCOC1. The van der Waals surface area contributed by atoms with E-state index >= 15 is 0 Å². The van der Waals surface area contributed by atoms with E-state index in [2.05, 4.69) is 0 Å². The summed E-state index contributed by atoms with van der Waals surface area (Å²) in [4.78, 5) is 9.61. The van der Waals surface area contributed by atoms with Gasteiger partial charge in [-0.2, -0.15) is 0 Å². The minimum Gasteiger partial charge on any atom is -0.370 e. The first-order chi connectivity index (χ1) is 4.30. The predicted molar refractivity (Wildman–Crippen MR) is 30.5 cm³/mol. The zero-order valence-electron chi connectivity index (χ0n) is 4.87. The lowest BCUT2D eigenvalue weighted by Crippen LogP contribution is -2.12. The molecule has 1 aliphatic heterocycles. The smallest absolute Gasteiger partial charge is 0.267 e. The van der Waals surface area contributed by atoms with Gasteiger partial charge in [-0.15, -0.1) is 0 Å². The number of rotatable bonds is 1. The van der Waals surface area contributed by atoms with Crippen LogP contribution in [0.4, 0.5) is 0 Å². The Hall–Kier alpha value is -0.900. The first-order valence-electron chi connectivity index (χ1n) is 2.72. The number of nitrogens with zero attached hydrogens (tertiary/aromatic N) is 1. The van der Waals surface area contributed by atoms with Crippen LogP contribution >= 0.6 is 0 Å². The summed E-state index contributed by atoms with van der Waals surface area (Å²) < 4.78 is 4.83. The van der Waals surface area contributed by atoms with Crippen molar-refractivity contribution in [3.05, 3.63) is 21.9 Å². The zero-order chi connectivity index (χ0) is 6.69. The third kappa shape index (κ3) is 1.50. The van der Waals surface area contributed by atoms with Gasteiger partial charge >= 0.3 is 0 Å². The molecule has 0 aliphatic carbocycles. The molecule has 9 heavy (non-hydrogen) atoms. The Labute approximate surface area is 52.3 Å². The highest BCUT2D eigenvalue weighted by atomic mass is 16.6. The molecule has 1 heterocycles. The van der Waals surface area contributed by atoms with Gasteiger partial charge in [0.1, 0.15) is 6.61 Å². The summed E-state index contributed by atoms with van der Waals surface area (Å²) in [6.45, 7) is 0.768. The van der Waals surface area contributed by atoms with Gasteiger partial charge in [0.15, 0.2) is 0 Å². The van der Waals surface area contributed by atoms with E-state index in [-0.39, 0.29) is 12.3 Å². The van der Waals surface area contributed by atoms with Gasteiger partial charge in [0.05, 0.1) is 11.5 Å². The van der Waals surface area contributed by atoms with Gasteiger partial charge in [0, 0.05) is 0 Å². The lowest BCUT2D eigenvalue weighted by atomic mass is 10.3. The Morgan fingerprint density at radius 2 is 2.56 bits per heavy atom. The van der Waals surface area contributed by atoms with E-state index in [1.807, 2.05) is 0 Å². The van der Waals surface area contributed by atoms with Crippen LogP contribution in [0.1, 0.15) is 6.42 Å². The fraction of sp³-hybridized carbons (Fsp3) is 0.600. The third-order valence-electron chi connectivity index (χ3n) is 1.13. The van der Waals surface area contributed by atoms with Crippen molar-refractivity contribution in [3.63, 3.8) is 0 Å². The maximum Gasteiger partial charge on any atom is 0.267 e. The normalized spacial score (nSPS) is 18.9. The molecule has 1 rings (SSSR count). The summed E-state index contributed by atoms with van der Waals surface area (Å²) in [5.74, 6) is 0. The average Bonchev–Trinajstić information content (AvgIpc) is 1.90. The first-order valence-corrected chi connectivity index (χ1v) is 2.72. The Kier molecular flexibility index (Phi) is 1.79. The summed E-state index contributed by atoms with van der Waals surface area (Å²) >= 11 is 0. The summed E-state index contributed by atoms with van der Waals surface area (Å²) in [5.41, 5.74) is 0.182. The minimum absolute atomic E-state index is 0.160.